The first-order chi connectivity index (χ1) is 5.58. The molecular formula is C11H18O. The molecule has 2 atom stereocenters. The van der Waals surface area contributed by atoms with Crippen molar-refractivity contribution in [3.8, 4) is 12.3 Å². The van der Waals surface area contributed by atoms with Gasteiger partial charge >= 0.3 is 0 Å². The van der Waals surface area contributed by atoms with E-state index in [9.17, 15) is 5.11 Å². The Labute approximate surface area is 75.2 Å². The molecule has 1 saturated carbocycles. The zero-order valence-corrected chi connectivity index (χ0v) is 8.01. The van der Waals surface area contributed by atoms with Gasteiger partial charge in [-0.15, -0.1) is 12.3 Å². The van der Waals surface area contributed by atoms with E-state index in [-0.39, 0.29) is 6.10 Å². The molecule has 0 heterocycles. The van der Waals surface area contributed by atoms with Crippen molar-refractivity contribution in [2.45, 2.75) is 45.6 Å². The lowest BCUT2D eigenvalue weighted by Gasteiger charge is -2.10. The van der Waals surface area contributed by atoms with Crippen molar-refractivity contribution in [1.82, 2.24) is 0 Å². The van der Waals surface area contributed by atoms with Gasteiger partial charge in [0.25, 0.3) is 0 Å². The minimum Gasteiger partial charge on any atom is -0.393 e. The molecule has 0 spiro atoms. The summed E-state index contributed by atoms with van der Waals surface area (Å²) in [5.41, 5.74) is 0.384. The molecule has 0 amide bonds. The van der Waals surface area contributed by atoms with Crippen molar-refractivity contribution < 1.29 is 5.11 Å². The highest BCUT2D eigenvalue weighted by Gasteiger charge is 2.49. The molecule has 0 aliphatic heterocycles. The number of aliphatic hydroxyl groups excluding tert-OH is 1. The normalized spacial score (nSPS) is 27.7. The summed E-state index contributed by atoms with van der Waals surface area (Å²) >= 11 is 0. The third-order valence-corrected chi connectivity index (χ3v) is 2.88. The zero-order valence-electron chi connectivity index (χ0n) is 8.01. The van der Waals surface area contributed by atoms with Gasteiger partial charge in [0.05, 0.1) is 6.10 Å². The molecule has 0 bridgehead atoms. The van der Waals surface area contributed by atoms with Crippen LogP contribution in [0.3, 0.4) is 0 Å². The third-order valence-electron chi connectivity index (χ3n) is 2.88. The molecule has 0 aromatic heterocycles. The van der Waals surface area contributed by atoms with Crippen LogP contribution in [0.25, 0.3) is 0 Å². The summed E-state index contributed by atoms with van der Waals surface area (Å²) in [6, 6.07) is 0. The Balaban J connectivity index is 2.14. The lowest BCUT2D eigenvalue weighted by Crippen LogP contribution is -2.12. The maximum absolute atomic E-state index is 9.68. The van der Waals surface area contributed by atoms with Crippen molar-refractivity contribution in [2.75, 3.05) is 0 Å². The highest BCUT2D eigenvalue weighted by Crippen LogP contribution is 2.54. The average molecular weight is 166 g/mol. The second-order valence-electron chi connectivity index (χ2n) is 4.46. The lowest BCUT2D eigenvalue weighted by atomic mass is 10.0. The Kier molecular flexibility index (Phi) is 2.80. The summed E-state index contributed by atoms with van der Waals surface area (Å²) in [4.78, 5) is 0. The molecular weight excluding hydrogens is 148 g/mol. The molecule has 1 heteroatoms. The first-order valence-corrected chi connectivity index (χ1v) is 4.69. The van der Waals surface area contributed by atoms with Gasteiger partial charge in [-0.1, -0.05) is 13.8 Å². The lowest BCUT2D eigenvalue weighted by molar-refractivity contribution is 0.125. The zero-order chi connectivity index (χ0) is 9.19. The molecule has 2 unspecified atom stereocenters. The van der Waals surface area contributed by atoms with Crippen LogP contribution in [0.5, 0.6) is 0 Å². The summed E-state index contributed by atoms with van der Waals surface area (Å²) in [6.45, 7) is 4.42. The molecule has 1 aliphatic carbocycles. The van der Waals surface area contributed by atoms with Gasteiger partial charge in [0, 0.05) is 6.42 Å². The Morgan fingerprint density at radius 1 is 1.67 bits per heavy atom. The van der Waals surface area contributed by atoms with Crippen LogP contribution in [0, 0.1) is 23.7 Å². The average Bonchev–Trinajstić information content (AvgIpc) is 2.60. The Bertz CT molecular complexity index is 188. The second-order valence-corrected chi connectivity index (χ2v) is 4.46. The quantitative estimate of drug-likeness (QED) is 0.501. The predicted molar refractivity (Wildman–Crippen MR) is 50.6 cm³/mol. The fraction of sp³-hybridized carbons (Fsp3) is 0.818. The van der Waals surface area contributed by atoms with E-state index in [2.05, 4.69) is 19.8 Å². The molecule has 1 N–H and O–H groups in total. The molecule has 1 nitrogen and oxygen atoms in total. The number of hydrogen-bond donors (Lipinski definition) is 1. The monoisotopic (exact) mass is 166 g/mol. The largest absolute Gasteiger partial charge is 0.393 e. The molecule has 12 heavy (non-hydrogen) atoms. The molecule has 0 saturated heterocycles. The Hall–Kier alpha value is -0.480. The Morgan fingerprint density at radius 3 is 2.67 bits per heavy atom. The van der Waals surface area contributed by atoms with E-state index in [1.165, 1.54) is 6.42 Å². The summed E-state index contributed by atoms with van der Waals surface area (Å²) in [6.07, 6.45) is 8.81. The summed E-state index contributed by atoms with van der Waals surface area (Å²) in [5, 5.41) is 9.68. The fourth-order valence-corrected chi connectivity index (χ4v) is 1.78. The van der Waals surface area contributed by atoms with E-state index in [1.54, 1.807) is 0 Å². The SMILES string of the molecule is C#CCCCC(O)C1CC1(C)C. The van der Waals surface area contributed by atoms with Crippen molar-refractivity contribution >= 4 is 0 Å². The minimum absolute atomic E-state index is 0.117. The minimum atomic E-state index is -0.117. The third kappa shape index (κ3) is 2.25. The van der Waals surface area contributed by atoms with Gasteiger partial charge in [-0.2, -0.15) is 0 Å². The van der Waals surface area contributed by atoms with Crippen molar-refractivity contribution in [3.63, 3.8) is 0 Å². The predicted octanol–water partition coefficient (Wildman–Crippen LogP) is 2.20. The molecule has 1 rings (SSSR count). The van der Waals surface area contributed by atoms with Gasteiger partial charge in [0.1, 0.15) is 0 Å². The van der Waals surface area contributed by atoms with Crippen LogP contribution in [0.2, 0.25) is 0 Å². The number of terminal acetylenes is 1. The summed E-state index contributed by atoms with van der Waals surface area (Å²) in [5.74, 6) is 3.12. The Morgan fingerprint density at radius 2 is 2.25 bits per heavy atom. The maximum atomic E-state index is 9.68. The van der Waals surface area contributed by atoms with E-state index < -0.39 is 0 Å². The summed E-state index contributed by atoms with van der Waals surface area (Å²) in [7, 11) is 0. The van der Waals surface area contributed by atoms with Gasteiger partial charge in [-0.05, 0) is 30.6 Å². The topological polar surface area (TPSA) is 20.2 Å². The van der Waals surface area contributed by atoms with Crippen molar-refractivity contribution in [2.24, 2.45) is 11.3 Å². The van der Waals surface area contributed by atoms with Crippen LogP contribution in [-0.4, -0.2) is 11.2 Å². The first kappa shape index (κ1) is 9.61. The maximum Gasteiger partial charge on any atom is 0.0574 e. The van der Waals surface area contributed by atoms with Crippen LogP contribution in [0.1, 0.15) is 39.5 Å². The van der Waals surface area contributed by atoms with E-state index in [0.29, 0.717) is 11.3 Å². The van der Waals surface area contributed by atoms with E-state index in [1.807, 2.05) is 0 Å². The van der Waals surface area contributed by atoms with Gasteiger partial charge < -0.3 is 5.11 Å². The molecule has 0 aromatic carbocycles. The number of hydrogen-bond acceptors (Lipinski definition) is 1. The smallest absolute Gasteiger partial charge is 0.0574 e. The van der Waals surface area contributed by atoms with Crippen LogP contribution in [0.15, 0.2) is 0 Å². The number of unbranched alkanes of at least 4 members (excludes halogenated alkanes) is 1. The van der Waals surface area contributed by atoms with Gasteiger partial charge in [-0.3, -0.25) is 0 Å². The van der Waals surface area contributed by atoms with Crippen LogP contribution in [-0.2, 0) is 0 Å². The van der Waals surface area contributed by atoms with Gasteiger partial charge in [-0.25, -0.2) is 0 Å². The first-order valence-electron chi connectivity index (χ1n) is 4.69. The highest BCUT2D eigenvalue weighted by atomic mass is 16.3. The summed E-state index contributed by atoms with van der Waals surface area (Å²) < 4.78 is 0. The highest BCUT2D eigenvalue weighted by molar-refractivity contribution is 4.99. The number of aliphatic hydroxyl groups is 1. The number of rotatable bonds is 4. The van der Waals surface area contributed by atoms with Crippen LogP contribution in [0.4, 0.5) is 0 Å². The van der Waals surface area contributed by atoms with E-state index >= 15 is 0 Å². The van der Waals surface area contributed by atoms with Gasteiger partial charge in [0.2, 0.25) is 0 Å². The standard InChI is InChI=1S/C11H18O/c1-4-5-6-7-10(12)9-8-11(9,2)3/h1,9-10,12H,5-8H2,2-3H3. The van der Waals surface area contributed by atoms with E-state index in [4.69, 9.17) is 6.42 Å². The molecule has 1 fully saturated rings. The molecule has 1 aliphatic rings. The van der Waals surface area contributed by atoms with Crippen molar-refractivity contribution in [3.05, 3.63) is 0 Å². The van der Waals surface area contributed by atoms with Crippen LogP contribution >= 0.6 is 0 Å². The van der Waals surface area contributed by atoms with Gasteiger partial charge in [0.15, 0.2) is 0 Å². The fourth-order valence-electron chi connectivity index (χ4n) is 1.78. The van der Waals surface area contributed by atoms with Crippen LogP contribution < -0.4 is 0 Å². The molecule has 0 aromatic rings. The molecule has 0 radical (unpaired) electrons. The molecule has 68 valence electrons. The van der Waals surface area contributed by atoms with Crippen molar-refractivity contribution in [1.29, 1.82) is 0 Å². The second kappa shape index (κ2) is 3.49. The van der Waals surface area contributed by atoms with E-state index in [0.717, 1.165) is 19.3 Å².